The number of aliphatic hydroxyl groups is 1. The number of nitrogens with zero attached hydrogens (tertiary/aromatic N) is 1. The molecule has 2 amide bonds. The Bertz CT molecular complexity index is 502. The summed E-state index contributed by atoms with van der Waals surface area (Å²) >= 11 is 3.14. The zero-order valence-corrected chi connectivity index (χ0v) is 13.4. The van der Waals surface area contributed by atoms with E-state index in [2.05, 4.69) is 26.6 Å². The van der Waals surface area contributed by atoms with Gasteiger partial charge in [0.05, 0.1) is 22.8 Å². The Hall–Kier alpha value is -1.34. The van der Waals surface area contributed by atoms with Crippen molar-refractivity contribution in [1.29, 1.82) is 0 Å². The minimum atomic E-state index is -0.407. The maximum absolute atomic E-state index is 11.8. The first-order chi connectivity index (χ1) is 9.33. The molecular weight excluding hydrogens is 326 g/mol. The Balaban J connectivity index is 2.69. The smallest absolute Gasteiger partial charge is 0.319 e. The van der Waals surface area contributed by atoms with Crippen molar-refractivity contribution in [2.45, 2.75) is 26.3 Å². The number of nitrogens with one attached hydrogen (secondary N) is 2. The quantitative estimate of drug-likeness (QED) is 0.759. The highest BCUT2D eigenvalue weighted by molar-refractivity contribution is 9.10. The fourth-order valence-electron chi connectivity index (χ4n) is 1.84. The molecule has 0 fully saturated rings. The van der Waals surface area contributed by atoms with E-state index in [0.717, 1.165) is 0 Å². The first-order valence-corrected chi connectivity index (χ1v) is 7.17. The zero-order valence-electron chi connectivity index (χ0n) is 11.8. The lowest BCUT2D eigenvalue weighted by molar-refractivity contribution is 0.214. The van der Waals surface area contributed by atoms with Crippen LogP contribution in [0, 0.1) is 5.92 Å². The third-order valence-electron chi connectivity index (χ3n) is 2.71. The Morgan fingerprint density at radius 1 is 1.50 bits per heavy atom. The molecular formula is C13H20BrN3O3. The van der Waals surface area contributed by atoms with Crippen LogP contribution in [0.25, 0.3) is 0 Å². The van der Waals surface area contributed by atoms with Gasteiger partial charge in [-0.05, 0) is 34.3 Å². The van der Waals surface area contributed by atoms with Crippen LogP contribution in [0.1, 0.15) is 20.3 Å². The molecule has 0 spiro atoms. The molecule has 1 unspecified atom stereocenters. The van der Waals surface area contributed by atoms with E-state index >= 15 is 0 Å². The van der Waals surface area contributed by atoms with E-state index in [1.165, 1.54) is 16.8 Å². The Kier molecular flexibility index (Phi) is 6.22. The molecule has 1 aromatic heterocycles. The molecule has 0 aliphatic rings. The second-order valence-corrected chi connectivity index (χ2v) is 5.95. The van der Waals surface area contributed by atoms with Crippen molar-refractivity contribution < 1.29 is 9.90 Å². The van der Waals surface area contributed by atoms with Crippen molar-refractivity contribution in [2.75, 3.05) is 11.9 Å². The number of aromatic nitrogens is 1. The fourth-order valence-corrected chi connectivity index (χ4v) is 2.37. The van der Waals surface area contributed by atoms with E-state index in [1.807, 2.05) is 13.8 Å². The van der Waals surface area contributed by atoms with Gasteiger partial charge in [-0.2, -0.15) is 0 Å². The van der Waals surface area contributed by atoms with Gasteiger partial charge in [-0.3, -0.25) is 4.79 Å². The van der Waals surface area contributed by atoms with Gasteiger partial charge in [0.1, 0.15) is 0 Å². The molecule has 0 saturated carbocycles. The number of carbonyl (C=O) groups excluding carboxylic acids is 1. The van der Waals surface area contributed by atoms with E-state index < -0.39 is 6.03 Å². The van der Waals surface area contributed by atoms with Gasteiger partial charge in [-0.1, -0.05) is 13.8 Å². The highest BCUT2D eigenvalue weighted by Gasteiger charge is 2.13. The standard InChI is InChI=1S/C13H20BrN3O3/c1-8(2)4-10(7-18)16-13(20)15-9-5-11(14)12(19)17(3)6-9/h5-6,8,10,18H,4,7H2,1-3H3,(H2,15,16,20). The number of amides is 2. The van der Waals surface area contributed by atoms with Crippen LogP contribution < -0.4 is 16.2 Å². The molecule has 1 heterocycles. The molecule has 1 atom stereocenters. The van der Waals surface area contributed by atoms with Gasteiger partial charge in [0.2, 0.25) is 0 Å². The topological polar surface area (TPSA) is 83.4 Å². The fraction of sp³-hybridized carbons (Fsp3) is 0.538. The summed E-state index contributed by atoms with van der Waals surface area (Å²) in [4.78, 5) is 23.3. The largest absolute Gasteiger partial charge is 0.394 e. The van der Waals surface area contributed by atoms with Gasteiger partial charge in [-0.25, -0.2) is 4.79 Å². The highest BCUT2D eigenvalue weighted by atomic mass is 79.9. The Labute approximate surface area is 126 Å². The summed E-state index contributed by atoms with van der Waals surface area (Å²) in [5.74, 6) is 0.374. The average molecular weight is 346 g/mol. The number of aliphatic hydroxyl groups excluding tert-OH is 1. The van der Waals surface area contributed by atoms with Gasteiger partial charge in [0.25, 0.3) is 5.56 Å². The van der Waals surface area contributed by atoms with Crippen molar-refractivity contribution >= 4 is 27.6 Å². The number of urea groups is 1. The van der Waals surface area contributed by atoms with E-state index in [0.29, 0.717) is 22.5 Å². The lowest BCUT2D eigenvalue weighted by atomic mass is 10.0. The summed E-state index contributed by atoms with van der Waals surface area (Å²) in [6.07, 6.45) is 2.23. The molecule has 3 N–H and O–H groups in total. The molecule has 0 aliphatic carbocycles. The van der Waals surface area contributed by atoms with Crippen LogP contribution in [0.3, 0.4) is 0 Å². The number of carbonyl (C=O) groups is 1. The Morgan fingerprint density at radius 3 is 2.65 bits per heavy atom. The minimum absolute atomic E-state index is 0.109. The molecule has 112 valence electrons. The second kappa shape index (κ2) is 7.44. The number of rotatable bonds is 5. The number of anilines is 1. The number of hydrogen-bond acceptors (Lipinski definition) is 3. The van der Waals surface area contributed by atoms with Crippen molar-refractivity contribution in [3.8, 4) is 0 Å². The van der Waals surface area contributed by atoms with Gasteiger partial charge in [0.15, 0.2) is 0 Å². The van der Waals surface area contributed by atoms with E-state index in [-0.39, 0.29) is 18.2 Å². The molecule has 7 heteroatoms. The molecule has 0 aromatic carbocycles. The zero-order chi connectivity index (χ0) is 15.3. The maximum atomic E-state index is 11.8. The first kappa shape index (κ1) is 16.7. The van der Waals surface area contributed by atoms with Crippen molar-refractivity contribution in [2.24, 2.45) is 13.0 Å². The number of halogens is 1. The lowest BCUT2D eigenvalue weighted by Gasteiger charge is -2.18. The van der Waals surface area contributed by atoms with Crippen LogP contribution in [0.4, 0.5) is 10.5 Å². The first-order valence-electron chi connectivity index (χ1n) is 6.38. The van der Waals surface area contributed by atoms with Crippen molar-refractivity contribution in [3.05, 3.63) is 27.1 Å². The van der Waals surface area contributed by atoms with Gasteiger partial charge in [0, 0.05) is 13.2 Å². The minimum Gasteiger partial charge on any atom is -0.394 e. The van der Waals surface area contributed by atoms with Gasteiger partial charge < -0.3 is 20.3 Å². The third kappa shape index (κ3) is 4.97. The normalized spacial score (nSPS) is 12.3. The molecule has 0 aliphatic heterocycles. The van der Waals surface area contributed by atoms with Crippen LogP contribution in [-0.4, -0.2) is 28.4 Å². The predicted molar refractivity (Wildman–Crippen MR) is 81.9 cm³/mol. The monoisotopic (exact) mass is 345 g/mol. The highest BCUT2D eigenvalue weighted by Crippen LogP contribution is 2.11. The molecule has 1 rings (SSSR count). The lowest BCUT2D eigenvalue weighted by Crippen LogP contribution is -2.41. The summed E-state index contributed by atoms with van der Waals surface area (Å²) in [5, 5.41) is 14.6. The van der Waals surface area contributed by atoms with Crippen LogP contribution in [0.15, 0.2) is 21.5 Å². The van der Waals surface area contributed by atoms with Crippen LogP contribution in [0.2, 0.25) is 0 Å². The molecule has 0 bridgehead atoms. The van der Waals surface area contributed by atoms with Crippen molar-refractivity contribution in [1.82, 2.24) is 9.88 Å². The summed E-state index contributed by atoms with van der Waals surface area (Å²) in [7, 11) is 1.60. The predicted octanol–water partition coefficient (Wildman–Crippen LogP) is 1.68. The summed E-state index contributed by atoms with van der Waals surface area (Å²) in [5.41, 5.74) is 0.321. The van der Waals surface area contributed by atoms with E-state index in [4.69, 9.17) is 0 Å². The third-order valence-corrected chi connectivity index (χ3v) is 3.28. The van der Waals surface area contributed by atoms with Crippen LogP contribution >= 0.6 is 15.9 Å². The van der Waals surface area contributed by atoms with E-state index in [9.17, 15) is 14.7 Å². The van der Waals surface area contributed by atoms with Crippen LogP contribution in [0.5, 0.6) is 0 Å². The van der Waals surface area contributed by atoms with Crippen molar-refractivity contribution in [3.63, 3.8) is 0 Å². The molecule has 1 aromatic rings. The second-order valence-electron chi connectivity index (χ2n) is 5.10. The summed E-state index contributed by atoms with van der Waals surface area (Å²) in [6, 6.07) is 0.847. The number of hydrogen-bond donors (Lipinski definition) is 3. The molecule has 6 nitrogen and oxygen atoms in total. The van der Waals surface area contributed by atoms with Crippen LogP contribution in [-0.2, 0) is 7.05 Å². The Morgan fingerprint density at radius 2 is 2.15 bits per heavy atom. The number of aryl methyl sites for hydroxylation is 1. The molecule has 0 saturated heterocycles. The summed E-state index contributed by atoms with van der Waals surface area (Å²) in [6.45, 7) is 3.93. The summed E-state index contributed by atoms with van der Waals surface area (Å²) < 4.78 is 1.75. The van der Waals surface area contributed by atoms with E-state index in [1.54, 1.807) is 7.05 Å². The average Bonchev–Trinajstić information content (AvgIpc) is 2.34. The number of pyridine rings is 1. The molecule has 0 radical (unpaired) electrons. The molecule has 20 heavy (non-hydrogen) atoms. The van der Waals surface area contributed by atoms with Gasteiger partial charge >= 0.3 is 6.03 Å². The van der Waals surface area contributed by atoms with Gasteiger partial charge in [-0.15, -0.1) is 0 Å². The maximum Gasteiger partial charge on any atom is 0.319 e. The SMILES string of the molecule is CC(C)CC(CO)NC(=O)Nc1cc(Br)c(=O)n(C)c1.